The smallest absolute Gasteiger partial charge is 0.261 e. The average molecular weight is 369 g/mol. The van der Waals surface area contributed by atoms with E-state index in [4.69, 9.17) is 16.3 Å². The summed E-state index contributed by atoms with van der Waals surface area (Å²) in [5, 5.41) is 3.12. The number of hydrogen-bond acceptors (Lipinski definition) is 4. The van der Waals surface area contributed by atoms with Crippen molar-refractivity contribution in [3.8, 4) is 0 Å². The van der Waals surface area contributed by atoms with Gasteiger partial charge in [0.15, 0.2) is 0 Å². The van der Waals surface area contributed by atoms with E-state index in [1.54, 1.807) is 25.3 Å². The molecule has 128 valence electrons. The van der Waals surface area contributed by atoms with E-state index in [0.29, 0.717) is 29.4 Å². The molecule has 0 aliphatic rings. The van der Waals surface area contributed by atoms with Crippen molar-refractivity contribution in [2.75, 3.05) is 25.0 Å². The molecule has 2 N–H and O–H groups in total. The first-order valence-electron chi connectivity index (χ1n) is 7.08. The van der Waals surface area contributed by atoms with Gasteiger partial charge in [0.2, 0.25) is 0 Å². The third-order valence-electron chi connectivity index (χ3n) is 3.09. The summed E-state index contributed by atoms with van der Waals surface area (Å²) in [5.41, 5.74) is 0.645. The third-order valence-corrected chi connectivity index (χ3v) is 4.74. The van der Waals surface area contributed by atoms with Gasteiger partial charge in [0.05, 0.1) is 11.5 Å². The lowest BCUT2D eigenvalue weighted by molar-refractivity contribution is 0.0937. The SMILES string of the molecule is COCCNC(=O)c1cccc(NS(=O)(=O)c2ccc(Cl)cc2)c1. The van der Waals surface area contributed by atoms with Crippen LogP contribution in [0.4, 0.5) is 5.69 Å². The molecule has 0 spiro atoms. The van der Waals surface area contributed by atoms with Crippen molar-refractivity contribution < 1.29 is 17.9 Å². The van der Waals surface area contributed by atoms with Gasteiger partial charge in [0.1, 0.15) is 0 Å². The van der Waals surface area contributed by atoms with Crippen LogP contribution in [-0.2, 0) is 14.8 Å². The van der Waals surface area contributed by atoms with Crippen molar-refractivity contribution in [1.82, 2.24) is 5.32 Å². The van der Waals surface area contributed by atoms with Crippen molar-refractivity contribution in [2.24, 2.45) is 0 Å². The van der Waals surface area contributed by atoms with E-state index < -0.39 is 10.0 Å². The predicted molar refractivity (Wildman–Crippen MR) is 92.9 cm³/mol. The Morgan fingerprint density at radius 1 is 1.17 bits per heavy atom. The Labute approximate surface area is 145 Å². The molecule has 0 fully saturated rings. The summed E-state index contributed by atoms with van der Waals surface area (Å²) >= 11 is 5.76. The second-order valence-electron chi connectivity index (χ2n) is 4.89. The largest absolute Gasteiger partial charge is 0.383 e. The molecule has 0 aliphatic heterocycles. The summed E-state index contributed by atoms with van der Waals surface area (Å²) in [4.78, 5) is 12.1. The first kappa shape index (κ1) is 18.3. The Kier molecular flexibility index (Phi) is 6.19. The fourth-order valence-electron chi connectivity index (χ4n) is 1.92. The number of amides is 1. The monoisotopic (exact) mass is 368 g/mol. The summed E-state index contributed by atoms with van der Waals surface area (Å²) in [6.45, 7) is 0.769. The number of anilines is 1. The molecule has 0 radical (unpaired) electrons. The van der Waals surface area contributed by atoms with Crippen molar-refractivity contribution in [1.29, 1.82) is 0 Å². The van der Waals surface area contributed by atoms with Crippen LogP contribution in [0.3, 0.4) is 0 Å². The number of ether oxygens (including phenoxy) is 1. The molecule has 0 aliphatic carbocycles. The van der Waals surface area contributed by atoms with E-state index in [2.05, 4.69) is 10.0 Å². The number of carbonyl (C=O) groups excluding carboxylic acids is 1. The molecule has 24 heavy (non-hydrogen) atoms. The number of sulfonamides is 1. The van der Waals surface area contributed by atoms with Crippen LogP contribution in [0.5, 0.6) is 0 Å². The molecular formula is C16H17ClN2O4S. The van der Waals surface area contributed by atoms with Crippen LogP contribution in [-0.4, -0.2) is 34.6 Å². The summed E-state index contributed by atoms with van der Waals surface area (Å²) < 4.78 is 32.0. The van der Waals surface area contributed by atoms with Crippen molar-refractivity contribution >= 4 is 33.2 Å². The van der Waals surface area contributed by atoms with Gasteiger partial charge >= 0.3 is 0 Å². The van der Waals surface area contributed by atoms with Crippen LogP contribution < -0.4 is 10.0 Å². The normalized spacial score (nSPS) is 11.1. The minimum atomic E-state index is -3.75. The van der Waals surface area contributed by atoms with Gasteiger partial charge in [-0.2, -0.15) is 0 Å². The summed E-state index contributed by atoms with van der Waals surface area (Å²) in [5.74, 6) is -0.306. The van der Waals surface area contributed by atoms with Gasteiger partial charge in [-0.15, -0.1) is 0 Å². The predicted octanol–water partition coefficient (Wildman–Crippen LogP) is 2.52. The van der Waals surface area contributed by atoms with Crippen molar-refractivity contribution in [3.63, 3.8) is 0 Å². The molecule has 0 unspecified atom stereocenters. The quantitative estimate of drug-likeness (QED) is 0.735. The van der Waals surface area contributed by atoms with E-state index in [1.807, 2.05) is 0 Å². The Hall–Kier alpha value is -2.09. The molecule has 0 saturated heterocycles. The van der Waals surface area contributed by atoms with Crippen LogP contribution in [0, 0.1) is 0 Å². The molecule has 0 aromatic heterocycles. The highest BCUT2D eigenvalue weighted by molar-refractivity contribution is 7.92. The van der Waals surface area contributed by atoms with E-state index in [1.165, 1.54) is 30.3 Å². The third kappa shape index (κ3) is 4.95. The van der Waals surface area contributed by atoms with Gasteiger partial charge in [-0.3, -0.25) is 9.52 Å². The molecule has 0 atom stereocenters. The lowest BCUT2D eigenvalue weighted by atomic mass is 10.2. The molecule has 2 aromatic rings. The maximum Gasteiger partial charge on any atom is 0.261 e. The standard InChI is InChI=1S/C16H17ClN2O4S/c1-23-10-9-18-16(20)12-3-2-4-14(11-12)19-24(21,22)15-7-5-13(17)6-8-15/h2-8,11,19H,9-10H2,1H3,(H,18,20). The molecule has 0 heterocycles. The van der Waals surface area contributed by atoms with Crippen LogP contribution in [0.2, 0.25) is 5.02 Å². The molecule has 0 bridgehead atoms. The maximum absolute atomic E-state index is 12.3. The number of halogens is 1. The lowest BCUT2D eigenvalue weighted by Gasteiger charge is -2.10. The highest BCUT2D eigenvalue weighted by Gasteiger charge is 2.15. The maximum atomic E-state index is 12.3. The van der Waals surface area contributed by atoms with Crippen molar-refractivity contribution in [3.05, 3.63) is 59.1 Å². The fourth-order valence-corrected chi connectivity index (χ4v) is 3.10. The number of hydrogen-bond donors (Lipinski definition) is 2. The van der Waals surface area contributed by atoms with Gasteiger partial charge in [-0.05, 0) is 42.5 Å². The van der Waals surface area contributed by atoms with Crippen LogP contribution in [0.1, 0.15) is 10.4 Å². The minimum Gasteiger partial charge on any atom is -0.383 e. The lowest BCUT2D eigenvalue weighted by Crippen LogP contribution is -2.27. The zero-order chi connectivity index (χ0) is 17.6. The number of benzene rings is 2. The van der Waals surface area contributed by atoms with Gasteiger partial charge < -0.3 is 10.1 Å². The molecule has 8 heteroatoms. The van der Waals surface area contributed by atoms with E-state index in [9.17, 15) is 13.2 Å². The van der Waals surface area contributed by atoms with Crippen LogP contribution in [0.15, 0.2) is 53.4 Å². The first-order valence-corrected chi connectivity index (χ1v) is 8.94. The molecule has 6 nitrogen and oxygen atoms in total. The Morgan fingerprint density at radius 3 is 2.54 bits per heavy atom. The second kappa shape index (κ2) is 8.14. The molecule has 2 aromatic carbocycles. The highest BCUT2D eigenvalue weighted by Crippen LogP contribution is 2.19. The van der Waals surface area contributed by atoms with Gasteiger partial charge in [-0.25, -0.2) is 8.42 Å². The number of carbonyl (C=O) groups is 1. The van der Waals surface area contributed by atoms with Crippen LogP contribution in [0.25, 0.3) is 0 Å². The van der Waals surface area contributed by atoms with Gasteiger partial charge in [0.25, 0.3) is 15.9 Å². The Balaban J connectivity index is 2.14. The topological polar surface area (TPSA) is 84.5 Å². The summed E-state index contributed by atoms with van der Waals surface area (Å²) in [6, 6.07) is 12.0. The zero-order valence-electron chi connectivity index (χ0n) is 13.0. The molecule has 1 amide bonds. The number of rotatable bonds is 7. The number of nitrogens with one attached hydrogen (secondary N) is 2. The fraction of sp³-hybridized carbons (Fsp3) is 0.188. The zero-order valence-corrected chi connectivity index (χ0v) is 14.5. The second-order valence-corrected chi connectivity index (χ2v) is 7.01. The summed E-state index contributed by atoms with van der Waals surface area (Å²) in [7, 11) is -2.21. The Morgan fingerprint density at radius 2 is 1.88 bits per heavy atom. The Bertz CT molecular complexity index is 807. The first-order chi connectivity index (χ1) is 11.4. The number of methoxy groups -OCH3 is 1. The van der Waals surface area contributed by atoms with E-state index in [-0.39, 0.29) is 10.8 Å². The molecule has 2 rings (SSSR count). The molecular weight excluding hydrogens is 352 g/mol. The van der Waals surface area contributed by atoms with Gasteiger partial charge in [0, 0.05) is 29.9 Å². The summed E-state index contributed by atoms with van der Waals surface area (Å²) in [6.07, 6.45) is 0. The van der Waals surface area contributed by atoms with Crippen LogP contribution >= 0.6 is 11.6 Å². The van der Waals surface area contributed by atoms with E-state index in [0.717, 1.165) is 0 Å². The van der Waals surface area contributed by atoms with Gasteiger partial charge in [-0.1, -0.05) is 17.7 Å². The minimum absolute atomic E-state index is 0.0850. The highest BCUT2D eigenvalue weighted by atomic mass is 35.5. The van der Waals surface area contributed by atoms with Crippen molar-refractivity contribution in [2.45, 2.75) is 4.90 Å². The molecule has 0 saturated carbocycles. The van der Waals surface area contributed by atoms with E-state index >= 15 is 0 Å². The average Bonchev–Trinajstić information content (AvgIpc) is 2.55.